The summed E-state index contributed by atoms with van der Waals surface area (Å²) in [6.45, 7) is 0.780. The van der Waals surface area contributed by atoms with Gasteiger partial charge in [-0.05, 0) is 43.2 Å². The molecule has 0 amide bonds. The van der Waals surface area contributed by atoms with Crippen LogP contribution in [0.4, 0.5) is 18.9 Å². The zero-order valence-electron chi connectivity index (χ0n) is 14.7. The number of carbonyl (C=O) groups excluding carboxylic acids is 1. The van der Waals surface area contributed by atoms with Crippen molar-refractivity contribution >= 4 is 29.0 Å². The molecule has 3 rings (SSSR count). The summed E-state index contributed by atoms with van der Waals surface area (Å²) >= 11 is 5.77. The Morgan fingerprint density at radius 3 is 2.46 bits per heavy atom. The normalized spacial score (nSPS) is 14.2. The van der Waals surface area contributed by atoms with Gasteiger partial charge in [0.1, 0.15) is 12.3 Å². The minimum Gasteiger partial charge on any atom is -0.456 e. The van der Waals surface area contributed by atoms with E-state index in [1.54, 1.807) is 4.90 Å². The molecule has 9 heteroatoms. The van der Waals surface area contributed by atoms with Crippen LogP contribution in [0.2, 0.25) is 5.02 Å². The number of halogens is 4. The number of aromatic nitrogens is 1. The van der Waals surface area contributed by atoms with Gasteiger partial charge in [-0.2, -0.15) is 13.2 Å². The zero-order chi connectivity index (χ0) is 20.3. The van der Waals surface area contributed by atoms with Crippen LogP contribution >= 0.6 is 11.6 Å². The van der Waals surface area contributed by atoms with Crippen LogP contribution in [-0.4, -0.2) is 36.4 Å². The van der Waals surface area contributed by atoms with E-state index in [2.05, 4.69) is 4.98 Å². The predicted octanol–water partition coefficient (Wildman–Crippen LogP) is 4.58. The molecule has 0 aliphatic carbocycles. The van der Waals surface area contributed by atoms with Crippen LogP contribution in [0, 0.1) is 5.41 Å². The van der Waals surface area contributed by atoms with E-state index in [0.717, 1.165) is 18.9 Å². The van der Waals surface area contributed by atoms with Crippen molar-refractivity contribution in [1.82, 2.24) is 4.98 Å². The van der Waals surface area contributed by atoms with Gasteiger partial charge in [0.15, 0.2) is 0 Å². The number of alkyl halides is 3. The molecule has 1 N–H and O–H groups in total. The van der Waals surface area contributed by atoms with E-state index in [1.807, 2.05) is 0 Å². The van der Waals surface area contributed by atoms with Crippen LogP contribution in [0.5, 0.6) is 0 Å². The highest BCUT2D eigenvalue weighted by Crippen LogP contribution is 2.33. The fourth-order valence-electron chi connectivity index (χ4n) is 2.92. The molecule has 0 unspecified atom stereocenters. The third-order valence-electron chi connectivity index (χ3n) is 4.36. The van der Waals surface area contributed by atoms with Gasteiger partial charge in [-0.3, -0.25) is 10.4 Å². The SMILES string of the molecule is N=C(COC(=O)c1ccc(Cl)cc1)c1ncc(C(F)(F)F)cc1N1CCCC1. The van der Waals surface area contributed by atoms with E-state index < -0.39 is 24.3 Å². The topological polar surface area (TPSA) is 66.3 Å². The van der Waals surface area contributed by atoms with Crippen LogP contribution in [0.25, 0.3) is 0 Å². The zero-order valence-corrected chi connectivity index (χ0v) is 15.5. The first-order valence-electron chi connectivity index (χ1n) is 8.58. The Labute approximate surface area is 164 Å². The lowest BCUT2D eigenvalue weighted by atomic mass is 10.1. The van der Waals surface area contributed by atoms with Gasteiger partial charge in [-0.15, -0.1) is 0 Å². The Bertz CT molecular complexity index is 879. The van der Waals surface area contributed by atoms with Gasteiger partial charge in [0.2, 0.25) is 0 Å². The Hall–Kier alpha value is -2.61. The van der Waals surface area contributed by atoms with E-state index in [1.165, 1.54) is 24.3 Å². The molecule has 0 atom stereocenters. The molecule has 5 nitrogen and oxygen atoms in total. The number of rotatable bonds is 5. The first-order valence-corrected chi connectivity index (χ1v) is 8.96. The number of nitrogens with one attached hydrogen (secondary N) is 1. The fourth-order valence-corrected chi connectivity index (χ4v) is 3.04. The second kappa shape index (κ2) is 8.18. The molecule has 0 radical (unpaired) electrons. The summed E-state index contributed by atoms with van der Waals surface area (Å²) in [6.07, 6.45) is -2.11. The molecule has 1 aromatic carbocycles. The highest BCUT2D eigenvalue weighted by Gasteiger charge is 2.33. The van der Waals surface area contributed by atoms with Crippen molar-refractivity contribution in [3.05, 3.63) is 58.4 Å². The summed E-state index contributed by atoms with van der Waals surface area (Å²) in [6, 6.07) is 7.04. The molecule has 148 valence electrons. The van der Waals surface area contributed by atoms with E-state index in [9.17, 15) is 18.0 Å². The summed E-state index contributed by atoms with van der Waals surface area (Å²) in [5, 5.41) is 8.65. The van der Waals surface area contributed by atoms with Gasteiger partial charge in [-0.1, -0.05) is 11.6 Å². The quantitative estimate of drug-likeness (QED) is 0.577. The van der Waals surface area contributed by atoms with E-state index >= 15 is 0 Å². The van der Waals surface area contributed by atoms with Crippen LogP contribution in [0.15, 0.2) is 36.5 Å². The fraction of sp³-hybridized carbons (Fsp3) is 0.316. The van der Waals surface area contributed by atoms with Crippen LogP contribution < -0.4 is 4.90 Å². The smallest absolute Gasteiger partial charge is 0.417 e. The van der Waals surface area contributed by atoms with E-state index in [-0.39, 0.29) is 22.7 Å². The first kappa shape index (κ1) is 20.1. The van der Waals surface area contributed by atoms with Crippen LogP contribution in [-0.2, 0) is 10.9 Å². The Morgan fingerprint density at radius 2 is 1.86 bits per heavy atom. The molecule has 2 aromatic rings. The molecular formula is C19H17ClF3N3O2. The average Bonchev–Trinajstić information content (AvgIpc) is 3.20. The standard InChI is InChI=1S/C19H17ClF3N3O2/c20-14-5-3-12(4-6-14)18(27)28-11-15(24)17-16(26-7-1-2-8-26)9-13(10-25-17)19(21,22)23/h3-6,9-10,24H,1-2,7-8,11H2. The maximum atomic E-state index is 13.1. The number of pyridine rings is 1. The lowest BCUT2D eigenvalue weighted by Gasteiger charge is -2.22. The number of hydrogen-bond donors (Lipinski definition) is 1. The number of ether oxygens (including phenoxy) is 1. The molecular weight excluding hydrogens is 395 g/mol. The molecule has 2 heterocycles. The average molecular weight is 412 g/mol. The van der Waals surface area contributed by atoms with Crippen molar-refractivity contribution in [2.45, 2.75) is 19.0 Å². The Balaban J connectivity index is 1.78. The Kier molecular flexibility index (Phi) is 5.88. The van der Waals surface area contributed by atoms with Gasteiger partial charge >= 0.3 is 12.1 Å². The monoisotopic (exact) mass is 411 g/mol. The summed E-state index contributed by atoms with van der Waals surface area (Å²) < 4.78 is 44.3. The third kappa shape index (κ3) is 4.62. The lowest BCUT2D eigenvalue weighted by Crippen LogP contribution is -2.24. The molecule has 0 saturated carbocycles. The van der Waals surface area contributed by atoms with Crippen molar-refractivity contribution in [2.24, 2.45) is 0 Å². The van der Waals surface area contributed by atoms with Gasteiger partial charge < -0.3 is 9.64 Å². The molecule has 0 bridgehead atoms. The summed E-state index contributed by atoms with van der Waals surface area (Å²) in [5.74, 6) is -0.656. The highest BCUT2D eigenvalue weighted by atomic mass is 35.5. The second-order valence-electron chi connectivity index (χ2n) is 6.35. The summed E-state index contributed by atoms with van der Waals surface area (Å²) in [5.41, 5.74) is -0.460. The van der Waals surface area contributed by atoms with Crippen molar-refractivity contribution in [1.29, 1.82) is 5.41 Å². The third-order valence-corrected chi connectivity index (χ3v) is 4.61. The van der Waals surface area contributed by atoms with Crippen molar-refractivity contribution in [2.75, 3.05) is 24.6 Å². The largest absolute Gasteiger partial charge is 0.456 e. The number of carbonyl (C=O) groups is 1. The minimum atomic E-state index is -4.52. The maximum absolute atomic E-state index is 13.1. The van der Waals surface area contributed by atoms with Gasteiger partial charge in [0.05, 0.1) is 22.5 Å². The van der Waals surface area contributed by atoms with Crippen molar-refractivity contribution in [3.8, 4) is 0 Å². The van der Waals surface area contributed by atoms with Crippen LogP contribution in [0.1, 0.15) is 34.5 Å². The van der Waals surface area contributed by atoms with E-state index in [4.69, 9.17) is 21.7 Å². The number of benzene rings is 1. The van der Waals surface area contributed by atoms with Gasteiger partial charge in [0.25, 0.3) is 0 Å². The molecule has 1 saturated heterocycles. The number of anilines is 1. The van der Waals surface area contributed by atoms with Gasteiger partial charge in [0, 0.05) is 24.3 Å². The van der Waals surface area contributed by atoms with Crippen LogP contribution in [0.3, 0.4) is 0 Å². The van der Waals surface area contributed by atoms with E-state index in [0.29, 0.717) is 24.3 Å². The summed E-state index contributed by atoms with van der Waals surface area (Å²) in [7, 11) is 0. The summed E-state index contributed by atoms with van der Waals surface area (Å²) in [4.78, 5) is 17.7. The molecule has 1 aliphatic rings. The Morgan fingerprint density at radius 1 is 1.21 bits per heavy atom. The molecule has 1 aliphatic heterocycles. The molecule has 28 heavy (non-hydrogen) atoms. The lowest BCUT2D eigenvalue weighted by molar-refractivity contribution is -0.137. The number of hydrogen-bond acceptors (Lipinski definition) is 5. The second-order valence-corrected chi connectivity index (χ2v) is 6.78. The minimum absolute atomic E-state index is 0.0822. The number of esters is 1. The highest BCUT2D eigenvalue weighted by molar-refractivity contribution is 6.30. The van der Waals surface area contributed by atoms with Gasteiger partial charge in [-0.25, -0.2) is 4.79 Å². The maximum Gasteiger partial charge on any atom is 0.417 e. The number of nitrogens with zero attached hydrogens (tertiary/aromatic N) is 2. The van der Waals surface area contributed by atoms with Crippen molar-refractivity contribution < 1.29 is 22.7 Å². The molecule has 0 spiro atoms. The first-order chi connectivity index (χ1) is 13.3. The molecule has 1 fully saturated rings. The van der Waals surface area contributed by atoms with Crippen molar-refractivity contribution in [3.63, 3.8) is 0 Å². The molecule has 1 aromatic heterocycles. The predicted molar refractivity (Wildman–Crippen MR) is 99.2 cm³/mol.